The molecule has 1 rings (SSSR count). The quantitative estimate of drug-likeness (QED) is 0.626. The summed E-state index contributed by atoms with van der Waals surface area (Å²) in [6.45, 7) is 1.06. The van der Waals surface area contributed by atoms with E-state index in [1.165, 1.54) is 6.07 Å². The van der Waals surface area contributed by atoms with Crippen LogP contribution in [0.2, 0.25) is 0 Å². The maximum absolute atomic E-state index is 13.3. The first-order valence-electron chi connectivity index (χ1n) is 6.69. The molecule has 5 nitrogen and oxygen atoms in total. The molecule has 0 saturated carbocycles. The molecule has 8 heteroatoms. The van der Waals surface area contributed by atoms with E-state index in [1.807, 2.05) is 0 Å². The number of nitrogens with one attached hydrogen (secondary N) is 3. The second-order valence-corrected chi connectivity index (χ2v) is 4.41. The van der Waals surface area contributed by atoms with Crippen LogP contribution in [0.3, 0.4) is 0 Å². The van der Waals surface area contributed by atoms with Crippen LogP contribution in [0.4, 0.5) is 8.78 Å². The number of amides is 2. The van der Waals surface area contributed by atoms with Gasteiger partial charge < -0.3 is 16.0 Å². The Morgan fingerprint density at radius 2 is 1.64 bits per heavy atom. The second kappa shape index (κ2) is 10.9. The second-order valence-electron chi connectivity index (χ2n) is 4.41. The molecule has 0 aliphatic heterocycles. The Balaban J connectivity index is 0.00000441. The molecule has 0 aromatic heterocycles. The molecule has 0 heterocycles. The Morgan fingerprint density at radius 3 is 2.23 bits per heavy atom. The fraction of sp³-hybridized carbons (Fsp3) is 0.429. The third-order valence-electron chi connectivity index (χ3n) is 2.75. The molecule has 0 aliphatic carbocycles. The molecular weight excluding hydrogens is 316 g/mol. The predicted molar refractivity (Wildman–Crippen MR) is 82.1 cm³/mol. The fourth-order valence-electron chi connectivity index (χ4n) is 1.70. The molecule has 1 aromatic rings. The molecule has 3 N–H and O–H groups in total. The Kier molecular flexibility index (Phi) is 10.1. The van der Waals surface area contributed by atoms with Gasteiger partial charge in [-0.15, -0.1) is 12.4 Å². The average Bonchev–Trinajstić information content (AvgIpc) is 2.44. The van der Waals surface area contributed by atoms with Crippen molar-refractivity contribution in [3.63, 3.8) is 0 Å². The zero-order chi connectivity index (χ0) is 15.7. The third kappa shape index (κ3) is 6.82. The Morgan fingerprint density at radius 1 is 1.05 bits per heavy atom. The van der Waals surface area contributed by atoms with Crippen LogP contribution in [0.25, 0.3) is 0 Å². The van der Waals surface area contributed by atoms with Crippen LogP contribution in [0.15, 0.2) is 18.2 Å². The van der Waals surface area contributed by atoms with Gasteiger partial charge in [0, 0.05) is 19.5 Å². The van der Waals surface area contributed by atoms with E-state index in [1.54, 1.807) is 7.05 Å². The van der Waals surface area contributed by atoms with Gasteiger partial charge in [0.05, 0.1) is 0 Å². The van der Waals surface area contributed by atoms with Crippen LogP contribution < -0.4 is 16.0 Å². The van der Waals surface area contributed by atoms with Gasteiger partial charge in [-0.25, -0.2) is 8.78 Å². The summed E-state index contributed by atoms with van der Waals surface area (Å²) >= 11 is 0. The van der Waals surface area contributed by atoms with Crippen LogP contribution in [0, 0.1) is 11.6 Å². The topological polar surface area (TPSA) is 70.2 Å². The van der Waals surface area contributed by atoms with E-state index in [0.717, 1.165) is 25.1 Å². The number of rotatable bonds is 8. The maximum atomic E-state index is 13.3. The smallest absolute Gasteiger partial charge is 0.257 e. The first-order valence-corrected chi connectivity index (χ1v) is 6.69. The molecule has 0 atom stereocenters. The number of halogens is 3. The zero-order valence-electron chi connectivity index (χ0n) is 12.2. The summed E-state index contributed by atoms with van der Waals surface area (Å²) in [4.78, 5) is 23.0. The van der Waals surface area contributed by atoms with E-state index in [-0.39, 0.29) is 31.4 Å². The van der Waals surface area contributed by atoms with Gasteiger partial charge in [-0.05, 0) is 32.1 Å². The van der Waals surface area contributed by atoms with Gasteiger partial charge in [-0.2, -0.15) is 0 Å². The van der Waals surface area contributed by atoms with E-state index >= 15 is 0 Å². The normalized spacial score (nSPS) is 9.77. The van der Waals surface area contributed by atoms with Gasteiger partial charge in [0.1, 0.15) is 17.2 Å². The van der Waals surface area contributed by atoms with Gasteiger partial charge in [0.15, 0.2) is 0 Å². The number of benzene rings is 1. The Hall–Kier alpha value is -1.73. The monoisotopic (exact) mass is 335 g/mol. The van der Waals surface area contributed by atoms with Crippen molar-refractivity contribution in [3.05, 3.63) is 35.4 Å². The minimum Gasteiger partial charge on any atom is -0.354 e. The fourth-order valence-corrected chi connectivity index (χ4v) is 1.70. The van der Waals surface area contributed by atoms with Crippen molar-refractivity contribution >= 4 is 24.2 Å². The summed E-state index contributed by atoms with van der Waals surface area (Å²) in [5, 5.41) is 7.89. The van der Waals surface area contributed by atoms with Gasteiger partial charge >= 0.3 is 0 Å². The summed E-state index contributed by atoms with van der Waals surface area (Å²) in [5.41, 5.74) is -0.613. The third-order valence-corrected chi connectivity index (χ3v) is 2.75. The molecule has 2 amide bonds. The number of carbonyl (C=O) groups excluding carboxylic acids is 2. The van der Waals surface area contributed by atoms with Crippen molar-refractivity contribution in [2.24, 2.45) is 0 Å². The molecule has 124 valence electrons. The van der Waals surface area contributed by atoms with Crippen LogP contribution in [-0.4, -0.2) is 38.5 Å². The summed E-state index contributed by atoms with van der Waals surface area (Å²) in [6.07, 6.45) is 1.10. The van der Waals surface area contributed by atoms with E-state index in [9.17, 15) is 18.4 Å². The summed E-state index contributed by atoms with van der Waals surface area (Å²) in [7, 11) is 1.80. The highest BCUT2D eigenvalue weighted by Gasteiger charge is 2.16. The summed E-state index contributed by atoms with van der Waals surface area (Å²) in [6, 6.07) is 3.22. The standard InChI is InChI=1S/C14H19F2N3O2.ClH/c1-17-7-3-6-12(20)18-8-9-19-14(21)13-10(15)4-2-5-11(13)16;/h2,4-5,17H,3,6-9H2,1H3,(H,18,20)(H,19,21);1H. The van der Waals surface area contributed by atoms with Crippen LogP contribution in [0.1, 0.15) is 23.2 Å². The maximum Gasteiger partial charge on any atom is 0.257 e. The molecule has 0 saturated heterocycles. The lowest BCUT2D eigenvalue weighted by Crippen LogP contribution is -2.35. The highest BCUT2D eigenvalue weighted by Crippen LogP contribution is 2.11. The SMILES string of the molecule is CNCCCC(=O)NCCNC(=O)c1c(F)cccc1F.Cl. The highest BCUT2D eigenvalue weighted by atomic mass is 35.5. The Labute approximate surface area is 134 Å². The van der Waals surface area contributed by atoms with E-state index in [0.29, 0.717) is 6.42 Å². The van der Waals surface area contributed by atoms with Crippen molar-refractivity contribution in [1.82, 2.24) is 16.0 Å². The van der Waals surface area contributed by atoms with Crippen LogP contribution in [-0.2, 0) is 4.79 Å². The molecular formula is C14H20ClF2N3O2. The van der Waals surface area contributed by atoms with Crippen molar-refractivity contribution in [1.29, 1.82) is 0 Å². The Bertz CT molecular complexity index is 481. The highest BCUT2D eigenvalue weighted by molar-refractivity contribution is 5.94. The predicted octanol–water partition coefficient (Wildman–Crippen LogP) is 1.23. The zero-order valence-corrected chi connectivity index (χ0v) is 13.1. The van der Waals surface area contributed by atoms with Gasteiger partial charge in [0.2, 0.25) is 5.91 Å². The molecule has 0 aliphatic rings. The molecule has 22 heavy (non-hydrogen) atoms. The van der Waals surface area contributed by atoms with Crippen molar-refractivity contribution in [2.75, 3.05) is 26.7 Å². The first kappa shape index (κ1) is 20.3. The molecule has 0 spiro atoms. The number of hydrogen-bond donors (Lipinski definition) is 3. The molecule has 0 radical (unpaired) electrons. The van der Waals surface area contributed by atoms with Crippen molar-refractivity contribution in [2.45, 2.75) is 12.8 Å². The van der Waals surface area contributed by atoms with Crippen molar-refractivity contribution in [3.8, 4) is 0 Å². The lowest BCUT2D eigenvalue weighted by atomic mass is 10.2. The van der Waals surface area contributed by atoms with Crippen LogP contribution in [0.5, 0.6) is 0 Å². The minimum absolute atomic E-state index is 0. The van der Waals surface area contributed by atoms with E-state index in [4.69, 9.17) is 0 Å². The molecule has 1 aromatic carbocycles. The number of carbonyl (C=O) groups is 2. The van der Waals surface area contributed by atoms with E-state index in [2.05, 4.69) is 16.0 Å². The van der Waals surface area contributed by atoms with Crippen molar-refractivity contribution < 1.29 is 18.4 Å². The van der Waals surface area contributed by atoms with Gasteiger partial charge in [-0.3, -0.25) is 9.59 Å². The van der Waals surface area contributed by atoms with Gasteiger partial charge in [0.25, 0.3) is 5.91 Å². The molecule has 0 fully saturated rings. The van der Waals surface area contributed by atoms with E-state index < -0.39 is 23.1 Å². The summed E-state index contributed by atoms with van der Waals surface area (Å²) < 4.78 is 26.7. The summed E-state index contributed by atoms with van der Waals surface area (Å²) in [5.74, 6) is -2.79. The largest absolute Gasteiger partial charge is 0.354 e. The average molecular weight is 336 g/mol. The van der Waals surface area contributed by atoms with Gasteiger partial charge in [-0.1, -0.05) is 6.07 Å². The molecule has 0 unspecified atom stereocenters. The lowest BCUT2D eigenvalue weighted by molar-refractivity contribution is -0.121. The number of hydrogen-bond acceptors (Lipinski definition) is 3. The minimum atomic E-state index is -0.913. The lowest BCUT2D eigenvalue weighted by Gasteiger charge is -2.08. The molecule has 0 bridgehead atoms. The van der Waals surface area contributed by atoms with Crippen LogP contribution >= 0.6 is 12.4 Å². The first-order chi connectivity index (χ1) is 10.1.